The highest BCUT2D eigenvalue weighted by atomic mass is 32.1. The van der Waals surface area contributed by atoms with Crippen molar-refractivity contribution in [3.05, 3.63) is 24.3 Å². The molecule has 0 radical (unpaired) electrons. The van der Waals surface area contributed by atoms with Crippen molar-refractivity contribution < 1.29 is 108 Å². The van der Waals surface area contributed by atoms with Crippen molar-refractivity contribution in [3.63, 3.8) is 0 Å². The number of Topliss-reactive ketones (excluding diaryl/α,β-unsaturated/α-hetero) is 1. The number of benzene rings is 1. The lowest BCUT2D eigenvalue weighted by Gasteiger charge is -2.40. The van der Waals surface area contributed by atoms with Crippen LogP contribution in [0, 0.1) is 23.2 Å². The number of anilines is 2. The van der Waals surface area contributed by atoms with Crippen molar-refractivity contribution in [3.8, 4) is 0 Å². The van der Waals surface area contributed by atoms with Gasteiger partial charge in [0, 0.05) is 79.9 Å². The summed E-state index contributed by atoms with van der Waals surface area (Å²) >= 11 is 10.4. The van der Waals surface area contributed by atoms with Crippen LogP contribution in [0.15, 0.2) is 24.3 Å². The molecular formula is C51H85N7O22S2. The van der Waals surface area contributed by atoms with E-state index in [2.05, 4.69) is 31.9 Å². The van der Waals surface area contributed by atoms with Gasteiger partial charge in [0.1, 0.15) is 36.6 Å². The summed E-state index contributed by atoms with van der Waals surface area (Å²) in [5.41, 5.74) is 5.51. The molecular weight excluding hydrogens is 1130 g/mol. The zero-order chi connectivity index (χ0) is 60.4. The van der Waals surface area contributed by atoms with Gasteiger partial charge in [0.05, 0.1) is 104 Å². The second-order valence-corrected chi connectivity index (χ2v) is 21.2. The molecule has 3 aliphatic heterocycles. The van der Waals surface area contributed by atoms with Gasteiger partial charge in [-0.1, -0.05) is 20.8 Å². The van der Waals surface area contributed by atoms with E-state index in [9.17, 15) is 65.1 Å². The summed E-state index contributed by atoms with van der Waals surface area (Å²) in [7, 11) is 0. The molecule has 82 heavy (non-hydrogen) atoms. The second kappa shape index (κ2) is 36.7. The predicted octanol–water partition coefficient (Wildman–Crippen LogP) is -4.58. The number of hydrogen-bond acceptors (Lipinski definition) is 24. The van der Waals surface area contributed by atoms with Crippen molar-refractivity contribution in [1.29, 1.82) is 0 Å². The van der Waals surface area contributed by atoms with Gasteiger partial charge in [-0.05, 0) is 48.7 Å². The summed E-state index contributed by atoms with van der Waals surface area (Å²) in [6.07, 6.45) is -14.2. The number of nitrogens with one attached hydrogen (secondary N) is 6. The molecule has 31 heteroatoms. The van der Waals surface area contributed by atoms with Crippen LogP contribution in [0.3, 0.4) is 0 Å². The largest absolute Gasteiger partial charge is 0.394 e. The first-order chi connectivity index (χ1) is 39.1. The summed E-state index contributed by atoms with van der Waals surface area (Å²) in [6.45, 7) is 1.86. The summed E-state index contributed by atoms with van der Waals surface area (Å²) < 4.78 is 51.9. The van der Waals surface area contributed by atoms with Crippen molar-refractivity contribution in [2.75, 3.05) is 116 Å². The molecule has 29 nitrogen and oxygen atoms in total. The highest BCUT2D eigenvalue weighted by Gasteiger charge is 2.45. The highest BCUT2D eigenvalue weighted by molar-refractivity contribution is 7.80. The zero-order valence-electron chi connectivity index (χ0n) is 46.3. The molecule has 0 spiro atoms. The maximum absolute atomic E-state index is 13.9. The molecule has 0 bridgehead atoms. The Bertz CT molecular complexity index is 1950. The zero-order valence-corrected chi connectivity index (χ0v) is 48.0. The molecule has 1 aromatic carbocycles. The van der Waals surface area contributed by atoms with Crippen LogP contribution in [-0.2, 0) is 61.8 Å². The third-order valence-electron chi connectivity index (χ3n) is 13.8. The molecule has 468 valence electrons. The van der Waals surface area contributed by atoms with E-state index in [4.69, 9.17) is 72.8 Å². The first-order valence-corrected chi connectivity index (χ1v) is 27.9. The summed E-state index contributed by atoms with van der Waals surface area (Å²) in [5.74, 6) is -3.56. The molecule has 15 atom stereocenters. The number of hydrogen-bond donors (Lipinski definition) is 16. The van der Waals surface area contributed by atoms with E-state index >= 15 is 0 Å². The number of ketones is 1. The third kappa shape index (κ3) is 23.4. The van der Waals surface area contributed by atoms with Crippen LogP contribution in [0.2, 0.25) is 0 Å². The normalized spacial score (nSPS) is 29.0. The van der Waals surface area contributed by atoms with E-state index in [0.29, 0.717) is 11.4 Å². The molecule has 0 aliphatic carbocycles. The first kappa shape index (κ1) is 70.4. The number of thiocarbonyl (C=S) groups is 2. The molecule has 0 aromatic heterocycles. The van der Waals surface area contributed by atoms with Gasteiger partial charge in [-0.3, -0.25) is 19.2 Å². The fraction of sp³-hybridized carbons (Fsp3) is 0.765. The maximum atomic E-state index is 13.9. The standard InChI is InChI=1S/C51H85N7O22S2/c1-28-40(66)43(69)34(22-59)78-46(28)75-17-11-53-37(63)8-14-72-25-51(20-33(62)21-56-50(82)58-32-6-4-31(5-7-32)57-49(52)81,26-73-15-9-38(64)54-12-18-76-47-29(2)41(67)44(70)35(23-60)79-47)27-74-16-10-39(65)55-13-19-77-48-30(3)42(68)45(71)36(24-61)80-48/h4-7,28-30,34-36,40-48,59-61,66-71H,8-27H2,1-3H3,(H,53,63)(H,54,64)(H,55,65)(H3,52,57,81)(H2,56,58,82)/t28?,29?,30?,34?,35?,36?,40-,41-,42-,43+,44+,45+,46-,47-,48-,51?/m0/s1. The molecule has 3 amide bonds. The smallest absolute Gasteiger partial charge is 0.222 e. The number of aliphatic hydroxyl groups is 9. The molecule has 0 saturated carbocycles. The molecule has 17 N–H and O–H groups in total. The minimum Gasteiger partial charge on any atom is -0.394 e. The van der Waals surface area contributed by atoms with Crippen LogP contribution in [0.5, 0.6) is 0 Å². The molecule has 3 fully saturated rings. The predicted molar refractivity (Wildman–Crippen MR) is 297 cm³/mol. The number of carbonyl (C=O) groups is 4. The van der Waals surface area contributed by atoms with Gasteiger partial charge in [0.15, 0.2) is 34.9 Å². The van der Waals surface area contributed by atoms with Gasteiger partial charge in [0.25, 0.3) is 0 Å². The van der Waals surface area contributed by atoms with E-state index in [1.807, 2.05) is 0 Å². The quantitative estimate of drug-likeness (QED) is 0.0222. The molecule has 4 rings (SSSR count). The van der Waals surface area contributed by atoms with Crippen LogP contribution in [0.25, 0.3) is 0 Å². The van der Waals surface area contributed by atoms with Crippen LogP contribution >= 0.6 is 24.4 Å². The van der Waals surface area contributed by atoms with E-state index in [1.54, 1.807) is 45.0 Å². The molecule has 3 heterocycles. The summed E-state index contributed by atoms with van der Waals surface area (Å²) in [6, 6.07) is 6.85. The van der Waals surface area contributed by atoms with Crippen LogP contribution in [0.4, 0.5) is 11.4 Å². The van der Waals surface area contributed by atoms with Gasteiger partial charge in [-0.15, -0.1) is 0 Å². The first-order valence-electron chi connectivity index (χ1n) is 27.1. The number of ether oxygens (including phenoxy) is 9. The summed E-state index contributed by atoms with van der Waals surface area (Å²) in [4.78, 5) is 52.7. The average Bonchev–Trinajstić information content (AvgIpc) is 3.46. The second-order valence-electron chi connectivity index (χ2n) is 20.4. The van der Waals surface area contributed by atoms with Crippen molar-refractivity contribution in [2.45, 2.75) is 120 Å². The minimum atomic E-state index is -1.30. The van der Waals surface area contributed by atoms with E-state index in [1.165, 1.54) is 0 Å². The third-order valence-corrected chi connectivity index (χ3v) is 14.1. The highest BCUT2D eigenvalue weighted by Crippen LogP contribution is 2.30. The Morgan fingerprint density at radius 3 is 1.17 bits per heavy atom. The fourth-order valence-electron chi connectivity index (χ4n) is 8.85. The van der Waals surface area contributed by atoms with Crippen molar-refractivity contribution >= 4 is 69.5 Å². The van der Waals surface area contributed by atoms with Crippen molar-refractivity contribution in [2.24, 2.45) is 28.9 Å². The van der Waals surface area contributed by atoms with Gasteiger partial charge < -0.3 is 126 Å². The Morgan fingerprint density at radius 2 is 0.854 bits per heavy atom. The van der Waals surface area contributed by atoms with E-state index in [-0.39, 0.29) is 127 Å². The van der Waals surface area contributed by atoms with Gasteiger partial charge in [-0.25, -0.2) is 0 Å². The topological polar surface area (TPSA) is 432 Å². The number of nitrogens with two attached hydrogens (primary N) is 1. The van der Waals surface area contributed by atoms with E-state index in [0.717, 1.165) is 0 Å². The molecule has 1 aromatic rings. The number of rotatable bonds is 36. The number of amides is 3. The van der Waals surface area contributed by atoms with Gasteiger partial charge in [-0.2, -0.15) is 0 Å². The monoisotopic (exact) mass is 1210 g/mol. The Balaban J connectivity index is 1.38. The maximum Gasteiger partial charge on any atom is 0.222 e. The lowest BCUT2D eigenvalue weighted by atomic mass is 9.85. The number of aliphatic hydroxyl groups excluding tert-OH is 9. The van der Waals surface area contributed by atoms with Gasteiger partial charge in [0.2, 0.25) is 17.7 Å². The Kier molecular flexibility index (Phi) is 31.6. The van der Waals surface area contributed by atoms with Crippen LogP contribution in [-0.4, -0.2) is 259 Å². The number of carbonyl (C=O) groups excluding carboxylic acids is 4. The van der Waals surface area contributed by atoms with Crippen LogP contribution in [0.1, 0.15) is 46.5 Å². The average molecular weight is 1210 g/mol. The van der Waals surface area contributed by atoms with E-state index < -0.39 is 135 Å². The molecule has 3 aliphatic rings. The lowest BCUT2D eigenvalue weighted by molar-refractivity contribution is -0.281. The SMILES string of the molecule is CC1[C@@H](OCCNC(=O)CCOCC(COCCC(=O)NCCO[C@H]2OC(CO)[C@@H](O)[C@@H](O)C2C)(COCCC(=O)NCCO[C@H]2OC(CO)[C@@H](O)[C@@H](O)C2C)CC(=O)CNC(=S)Nc2ccc(NC(N)=S)cc2)OC(CO)[C@@H](O)[C@H]1O. The molecule has 6 unspecified atom stereocenters. The Labute approximate surface area is 486 Å². The lowest BCUT2D eigenvalue weighted by Crippen LogP contribution is -2.55. The minimum absolute atomic E-state index is 0.0324. The van der Waals surface area contributed by atoms with Crippen molar-refractivity contribution in [1.82, 2.24) is 21.3 Å². The van der Waals surface area contributed by atoms with Crippen LogP contribution < -0.4 is 37.6 Å². The van der Waals surface area contributed by atoms with Gasteiger partial charge >= 0.3 is 0 Å². The molecule has 3 saturated heterocycles. The Hall–Kier alpha value is -4.04. The fourth-order valence-corrected chi connectivity index (χ4v) is 9.15. The summed E-state index contributed by atoms with van der Waals surface area (Å²) in [5, 5.41) is 107. The Morgan fingerprint density at radius 1 is 0.524 bits per heavy atom.